The Hall–Kier alpha value is -2.88. The van der Waals surface area contributed by atoms with Gasteiger partial charge in [-0.25, -0.2) is 14.5 Å². The Labute approximate surface area is 201 Å². The summed E-state index contributed by atoms with van der Waals surface area (Å²) in [5, 5.41) is 2.69. The monoisotopic (exact) mass is 540 g/mol. The van der Waals surface area contributed by atoms with Crippen LogP contribution in [-0.4, -0.2) is 37.0 Å². The number of hydrogen-bond donors (Lipinski definition) is 1. The molecule has 2 aromatic carbocycles. The number of esters is 1. The molecule has 3 rings (SSSR count). The van der Waals surface area contributed by atoms with Crippen LogP contribution in [0.2, 0.25) is 10.0 Å². The minimum atomic E-state index is -0.874. The highest BCUT2D eigenvalue weighted by Crippen LogP contribution is 2.35. The van der Waals surface area contributed by atoms with E-state index in [4.69, 9.17) is 32.7 Å². The summed E-state index contributed by atoms with van der Waals surface area (Å²) in [4.78, 5) is 49.9. The number of nitrogens with zero attached hydrogens (tertiary/aromatic N) is 1. The molecule has 1 fully saturated rings. The van der Waals surface area contributed by atoms with E-state index in [0.717, 1.165) is 4.90 Å². The molecule has 0 bridgehead atoms. The average molecular weight is 542 g/mol. The van der Waals surface area contributed by atoms with Gasteiger partial charge in [-0.2, -0.15) is 0 Å². The van der Waals surface area contributed by atoms with Crippen molar-refractivity contribution >= 4 is 74.7 Å². The number of ether oxygens (including phenoxy) is 2. The van der Waals surface area contributed by atoms with E-state index in [2.05, 4.69) is 21.2 Å². The van der Waals surface area contributed by atoms with Crippen LogP contribution in [0.15, 0.2) is 46.4 Å². The number of urea groups is 1. The molecule has 1 saturated heterocycles. The maximum atomic E-state index is 12.9. The van der Waals surface area contributed by atoms with Gasteiger partial charge >= 0.3 is 12.0 Å². The zero-order chi connectivity index (χ0) is 23.4. The quantitative estimate of drug-likeness (QED) is 0.331. The number of benzene rings is 2. The van der Waals surface area contributed by atoms with Crippen LogP contribution in [0.3, 0.4) is 0 Å². The third-order valence-corrected chi connectivity index (χ3v) is 5.28. The summed E-state index contributed by atoms with van der Waals surface area (Å²) in [6, 6.07) is 8.12. The lowest BCUT2D eigenvalue weighted by Gasteiger charge is -2.26. The predicted molar refractivity (Wildman–Crippen MR) is 122 cm³/mol. The normalized spacial score (nSPS) is 15.1. The van der Waals surface area contributed by atoms with Crippen molar-refractivity contribution in [1.82, 2.24) is 5.32 Å². The first-order valence-corrected chi connectivity index (χ1v) is 10.7. The van der Waals surface area contributed by atoms with Gasteiger partial charge in [0.1, 0.15) is 5.57 Å². The van der Waals surface area contributed by atoms with Crippen LogP contribution >= 0.6 is 39.1 Å². The van der Waals surface area contributed by atoms with E-state index in [9.17, 15) is 19.2 Å². The van der Waals surface area contributed by atoms with E-state index < -0.39 is 23.8 Å². The molecule has 0 spiro atoms. The standard InChI is InChI=1S/C21H15BrCl2N2O6/c1-2-31-17(27)10-32-18-15(22)8-11(9-16(18)24)7-14-19(28)25-21(30)26(20(14)29)13-5-3-12(23)4-6-13/h3-9H,2,10H2,1H3,(H,25,28,30)/b14-7+. The van der Waals surface area contributed by atoms with E-state index in [1.807, 2.05) is 0 Å². The second-order valence-corrected chi connectivity index (χ2v) is 8.04. The number of nitrogens with one attached hydrogen (secondary N) is 1. The van der Waals surface area contributed by atoms with Crippen LogP contribution in [-0.2, 0) is 19.1 Å². The maximum absolute atomic E-state index is 12.9. The molecule has 1 aliphatic heterocycles. The van der Waals surface area contributed by atoms with Gasteiger partial charge < -0.3 is 9.47 Å². The van der Waals surface area contributed by atoms with Gasteiger partial charge in [-0.15, -0.1) is 0 Å². The first-order valence-electron chi connectivity index (χ1n) is 9.15. The molecule has 1 aliphatic rings. The van der Waals surface area contributed by atoms with Crippen LogP contribution in [0.25, 0.3) is 6.08 Å². The van der Waals surface area contributed by atoms with E-state index in [1.165, 1.54) is 36.4 Å². The Morgan fingerprint density at radius 1 is 1.16 bits per heavy atom. The Bertz CT molecular complexity index is 1110. The van der Waals surface area contributed by atoms with Gasteiger partial charge in [0.15, 0.2) is 12.4 Å². The third-order valence-electron chi connectivity index (χ3n) is 4.16. The van der Waals surface area contributed by atoms with Gasteiger partial charge in [0.05, 0.1) is 21.8 Å². The number of barbiturate groups is 1. The van der Waals surface area contributed by atoms with Crippen molar-refractivity contribution in [3.05, 3.63) is 62.1 Å². The van der Waals surface area contributed by atoms with Gasteiger partial charge in [0, 0.05) is 5.02 Å². The van der Waals surface area contributed by atoms with Crippen LogP contribution < -0.4 is 15.0 Å². The molecule has 0 aromatic heterocycles. The average Bonchev–Trinajstić information content (AvgIpc) is 2.72. The molecule has 1 heterocycles. The molecule has 4 amide bonds. The van der Waals surface area contributed by atoms with Gasteiger partial charge in [-0.1, -0.05) is 23.2 Å². The lowest BCUT2D eigenvalue weighted by atomic mass is 10.1. The molecule has 0 saturated carbocycles. The SMILES string of the molecule is CCOC(=O)COc1c(Cl)cc(/C=C2\C(=O)NC(=O)N(c3ccc(Cl)cc3)C2=O)cc1Br. The highest BCUT2D eigenvalue weighted by Gasteiger charge is 2.36. The third kappa shape index (κ3) is 5.29. The molecule has 32 heavy (non-hydrogen) atoms. The van der Waals surface area contributed by atoms with E-state index in [1.54, 1.807) is 13.0 Å². The summed E-state index contributed by atoms with van der Waals surface area (Å²) in [6.07, 6.45) is 1.29. The van der Waals surface area contributed by atoms with Gasteiger partial charge in [-0.05, 0) is 70.9 Å². The number of hydrogen-bond acceptors (Lipinski definition) is 6. The summed E-state index contributed by atoms with van der Waals surface area (Å²) in [6.45, 7) is 1.55. The summed E-state index contributed by atoms with van der Waals surface area (Å²) < 4.78 is 10.6. The Morgan fingerprint density at radius 2 is 1.84 bits per heavy atom. The highest BCUT2D eigenvalue weighted by atomic mass is 79.9. The van der Waals surface area contributed by atoms with Crippen LogP contribution in [0.1, 0.15) is 12.5 Å². The van der Waals surface area contributed by atoms with Crippen molar-refractivity contribution in [2.24, 2.45) is 0 Å². The van der Waals surface area contributed by atoms with Crippen LogP contribution in [0.5, 0.6) is 5.75 Å². The smallest absolute Gasteiger partial charge is 0.344 e. The van der Waals surface area contributed by atoms with Crippen molar-refractivity contribution in [2.75, 3.05) is 18.1 Å². The second-order valence-electron chi connectivity index (χ2n) is 6.34. The number of carbonyl (C=O) groups is 4. The Balaban J connectivity index is 1.89. The molecular weight excluding hydrogens is 527 g/mol. The molecule has 0 radical (unpaired) electrons. The lowest BCUT2D eigenvalue weighted by Crippen LogP contribution is -2.54. The molecule has 166 valence electrons. The summed E-state index contributed by atoms with van der Waals surface area (Å²) >= 11 is 15.4. The Kier molecular flexibility index (Phi) is 7.55. The fourth-order valence-corrected chi connectivity index (χ4v) is 3.90. The summed E-state index contributed by atoms with van der Waals surface area (Å²) in [5.74, 6) is -2.02. The highest BCUT2D eigenvalue weighted by molar-refractivity contribution is 9.10. The van der Waals surface area contributed by atoms with Gasteiger partial charge in [-0.3, -0.25) is 14.9 Å². The number of halogens is 3. The minimum Gasteiger partial charge on any atom is -0.479 e. The lowest BCUT2D eigenvalue weighted by molar-refractivity contribution is -0.145. The molecule has 11 heteroatoms. The number of amides is 4. The summed E-state index contributed by atoms with van der Waals surface area (Å²) in [7, 11) is 0. The number of carbonyl (C=O) groups excluding carboxylic acids is 4. The molecule has 2 aromatic rings. The maximum Gasteiger partial charge on any atom is 0.344 e. The largest absolute Gasteiger partial charge is 0.479 e. The van der Waals surface area contributed by atoms with E-state index in [0.29, 0.717) is 15.1 Å². The first-order chi connectivity index (χ1) is 15.2. The van der Waals surface area contributed by atoms with Crippen molar-refractivity contribution in [1.29, 1.82) is 0 Å². The molecule has 0 atom stereocenters. The summed E-state index contributed by atoms with van der Waals surface area (Å²) in [5.41, 5.74) is 0.356. The Morgan fingerprint density at radius 3 is 2.47 bits per heavy atom. The van der Waals surface area contributed by atoms with Crippen molar-refractivity contribution in [3.8, 4) is 5.75 Å². The number of anilines is 1. The zero-order valence-corrected chi connectivity index (χ0v) is 19.6. The second kappa shape index (κ2) is 10.2. The first kappa shape index (κ1) is 23.8. The topological polar surface area (TPSA) is 102 Å². The molecule has 0 unspecified atom stereocenters. The predicted octanol–water partition coefficient (Wildman–Crippen LogP) is 4.36. The molecule has 8 nitrogen and oxygen atoms in total. The fraction of sp³-hybridized carbons (Fsp3) is 0.143. The molecular formula is C21H15BrCl2N2O6. The van der Waals surface area contributed by atoms with Gasteiger partial charge in [0.2, 0.25) is 0 Å². The van der Waals surface area contributed by atoms with Crippen molar-refractivity contribution in [2.45, 2.75) is 6.92 Å². The van der Waals surface area contributed by atoms with Gasteiger partial charge in [0.25, 0.3) is 11.8 Å². The fourth-order valence-electron chi connectivity index (χ4n) is 2.78. The van der Waals surface area contributed by atoms with E-state index >= 15 is 0 Å². The minimum absolute atomic E-state index is 0.129. The van der Waals surface area contributed by atoms with E-state index in [-0.39, 0.29) is 35.2 Å². The zero-order valence-electron chi connectivity index (χ0n) is 16.5. The van der Waals surface area contributed by atoms with Crippen LogP contribution in [0, 0.1) is 0 Å². The van der Waals surface area contributed by atoms with Crippen molar-refractivity contribution < 1.29 is 28.7 Å². The number of rotatable bonds is 6. The molecule has 0 aliphatic carbocycles. The number of imide groups is 2. The molecule has 1 N–H and O–H groups in total. The van der Waals surface area contributed by atoms with Crippen LogP contribution in [0.4, 0.5) is 10.5 Å². The van der Waals surface area contributed by atoms with Crippen molar-refractivity contribution in [3.63, 3.8) is 0 Å².